The molecule has 0 aliphatic heterocycles. The molecule has 1 aliphatic carbocycles. The fourth-order valence-electron chi connectivity index (χ4n) is 4.03. The predicted molar refractivity (Wildman–Crippen MR) is 109 cm³/mol. The van der Waals surface area contributed by atoms with Crippen molar-refractivity contribution in [2.45, 2.75) is 38.6 Å². The summed E-state index contributed by atoms with van der Waals surface area (Å²) >= 11 is 0. The molecule has 1 saturated carbocycles. The number of phenolic OH excluding ortho intramolecular Hbond substituents is 1. The van der Waals surface area contributed by atoms with E-state index >= 15 is 0 Å². The van der Waals surface area contributed by atoms with Gasteiger partial charge in [-0.2, -0.15) is 0 Å². The van der Waals surface area contributed by atoms with Crippen LogP contribution in [0.15, 0.2) is 42.5 Å². The van der Waals surface area contributed by atoms with Crippen molar-refractivity contribution in [3.05, 3.63) is 59.2 Å². The minimum Gasteiger partial charge on any atom is -0.504 e. The number of aromatic carboxylic acids is 1. The molecule has 2 atom stereocenters. The molecule has 1 amide bonds. The van der Waals surface area contributed by atoms with Gasteiger partial charge in [-0.25, -0.2) is 4.79 Å². The van der Waals surface area contributed by atoms with E-state index in [0.29, 0.717) is 12.3 Å². The molecule has 0 bridgehead atoms. The monoisotopic (exact) mass is 397 g/mol. The van der Waals surface area contributed by atoms with E-state index in [-0.39, 0.29) is 29.1 Å². The third-order valence-electron chi connectivity index (χ3n) is 5.66. The van der Waals surface area contributed by atoms with Gasteiger partial charge >= 0.3 is 5.97 Å². The summed E-state index contributed by atoms with van der Waals surface area (Å²) < 4.78 is 5.19. The van der Waals surface area contributed by atoms with Gasteiger partial charge in [0.15, 0.2) is 11.5 Å². The molecule has 3 rings (SSSR count). The Hall–Kier alpha value is -3.02. The molecular weight excluding hydrogens is 370 g/mol. The Morgan fingerprint density at radius 2 is 1.76 bits per heavy atom. The molecule has 6 heteroatoms. The standard InChI is InChI=1S/C23H27NO5/c1-29-21-13-16(8-11-20(21)25)12-18-4-2-3-5-19(18)22(26)24-14-15-6-9-17(10-7-15)23(27)28/h6-11,13,18-19,25H,2-5,12,14H2,1H3,(H,24,26)(H,27,28). The second-order valence-corrected chi connectivity index (χ2v) is 7.58. The van der Waals surface area contributed by atoms with Gasteiger partial charge < -0.3 is 20.3 Å². The van der Waals surface area contributed by atoms with E-state index in [4.69, 9.17) is 9.84 Å². The molecule has 2 unspecified atom stereocenters. The van der Waals surface area contributed by atoms with E-state index in [1.165, 1.54) is 7.11 Å². The lowest BCUT2D eigenvalue weighted by molar-refractivity contribution is -0.127. The summed E-state index contributed by atoms with van der Waals surface area (Å²) in [7, 11) is 1.53. The average Bonchev–Trinajstić information content (AvgIpc) is 2.74. The number of rotatable bonds is 7. The van der Waals surface area contributed by atoms with Crippen molar-refractivity contribution in [3.63, 3.8) is 0 Å². The molecule has 0 radical (unpaired) electrons. The third kappa shape index (κ3) is 5.28. The summed E-state index contributed by atoms with van der Waals surface area (Å²) in [5.74, 6) is -0.166. The van der Waals surface area contributed by atoms with Crippen molar-refractivity contribution < 1.29 is 24.5 Å². The molecule has 6 nitrogen and oxygen atoms in total. The van der Waals surface area contributed by atoms with E-state index in [1.807, 2.05) is 12.1 Å². The number of carbonyl (C=O) groups is 2. The zero-order valence-corrected chi connectivity index (χ0v) is 16.6. The normalized spacial score (nSPS) is 18.8. The molecule has 29 heavy (non-hydrogen) atoms. The number of methoxy groups -OCH3 is 1. The van der Waals surface area contributed by atoms with Crippen molar-refractivity contribution in [1.29, 1.82) is 0 Å². The highest BCUT2D eigenvalue weighted by Gasteiger charge is 2.31. The number of carboxylic acid groups (broad SMARTS) is 1. The fraction of sp³-hybridized carbons (Fsp3) is 0.391. The van der Waals surface area contributed by atoms with Crippen LogP contribution in [0.3, 0.4) is 0 Å². The number of nitrogens with one attached hydrogen (secondary N) is 1. The van der Waals surface area contributed by atoms with Gasteiger partial charge in [-0.15, -0.1) is 0 Å². The first-order valence-corrected chi connectivity index (χ1v) is 9.93. The zero-order valence-electron chi connectivity index (χ0n) is 16.6. The van der Waals surface area contributed by atoms with Crippen molar-refractivity contribution in [1.82, 2.24) is 5.32 Å². The van der Waals surface area contributed by atoms with Crippen LogP contribution >= 0.6 is 0 Å². The maximum Gasteiger partial charge on any atom is 0.335 e. The number of ether oxygens (including phenoxy) is 1. The van der Waals surface area contributed by atoms with Crippen LogP contribution in [0, 0.1) is 11.8 Å². The fourth-order valence-corrected chi connectivity index (χ4v) is 4.03. The summed E-state index contributed by atoms with van der Waals surface area (Å²) in [6.07, 6.45) is 4.78. The Bertz CT molecular complexity index is 862. The van der Waals surface area contributed by atoms with Crippen molar-refractivity contribution in [2.75, 3.05) is 7.11 Å². The molecule has 1 aliphatic rings. The number of hydrogen-bond acceptors (Lipinski definition) is 4. The minimum absolute atomic E-state index is 0.0442. The Balaban J connectivity index is 1.62. The van der Waals surface area contributed by atoms with Crippen LogP contribution in [-0.2, 0) is 17.8 Å². The second kappa shape index (κ2) is 9.45. The highest BCUT2D eigenvalue weighted by Crippen LogP contribution is 2.35. The molecule has 3 N–H and O–H groups in total. The highest BCUT2D eigenvalue weighted by atomic mass is 16.5. The lowest BCUT2D eigenvalue weighted by Crippen LogP contribution is -2.37. The van der Waals surface area contributed by atoms with Crippen LogP contribution in [0.2, 0.25) is 0 Å². The number of amides is 1. The van der Waals surface area contributed by atoms with Crippen LogP contribution in [0.25, 0.3) is 0 Å². The summed E-state index contributed by atoms with van der Waals surface area (Å²) in [5, 5.41) is 21.8. The molecular formula is C23H27NO5. The first-order chi connectivity index (χ1) is 14.0. The Labute approximate surface area is 170 Å². The van der Waals surface area contributed by atoms with E-state index in [0.717, 1.165) is 43.2 Å². The first-order valence-electron chi connectivity index (χ1n) is 9.93. The molecule has 0 saturated heterocycles. The van der Waals surface area contributed by atoms with E-state index < -0.39 is 5.97 Å². The third-order valence-corrected chi connectivity index (χ3v) is 5.66. The van der Waals surface area contributed by atoms with Crippen LogP contribution in [0.1, 0.15) is 47.2 Å². The van der Waals surface area contributed by atoms with Crippen LogP contribution in [0.4, 0.5) is 0 Å². The lowest BCUT2D eigenvalue weighted by Gasteiger charge is -2.31. The summed E-state index contributed by atoms with van der Waals surface area (Å²) in [5.41, 5.74) is 2.16. The minimum atomic E-state index is -0.962. The number of benzene rings is 2. The number of carboxylic acids is 1. The summed E-state index contributed by atoms with van der Waals surface area (Å²) in [6.45, 7) is 0.384. The van der Waals surface area contributed by atoms with Crippen molar-refractivity contribution in [2.24, 2.45) is 11.8 Å². The molecule has 0 spiro atoms. The molecule has 0 heterocycles. The van der Waals surface area contributed by atoms with Gasteiger partial charge in [0.2, 0.25) is 5.91 Å². The molecule has 0 aromatic heterocycles. The first kappa shape index (κ1) is 20.7. The van der Waals surface area contributed by atoms with Crippen LogP contribution < -0.4 is 10.1 Å². The van der Waals surface area contributed by atoms with Crippen LogP contribution in [0.5, 0.6) is 11.5 Å². The second-order valence-electron chi connectivity index (χ2n) is 7.58. The van der Waals surface area contributed by atoms with Gasteiger partial charge in [-0.05, 0) is 60.6 Å². The van der Waals surface area contributed by atoms with E-state index in [2.05, 4.69) is 5.32 Å². The molecule has 154 valence electrons. The van der Waals surface area contributed by atoms with Crippen LogP contribution in [-0.4, -0.2) is 29.2 Å². The number of hydrogen-bond donors (Lipinski definition) is 3. The maximum atomic E-state index is 12.9. The number of phenols is 1. The zero-order chi connectivity index (χ0) is 20.8. The van der Waals surface area contributed by atoms with E-state index in [1.54, 1.807) is 30.3 Å². The summed E-state index contributed by atoms with van der Waals surface area (Å²) in [4.78, 5) is 23.8. The number of aromatic hydroxyl groups is 1. The SMILES string of the molecule is COc1cc(CC2CCCCC2C(=O)NCc2ccc(C(=O)O)cc2)ccc1O. The topological polar surface area (TPSA) is 95.9 Å². The van der Waals surface area contributed by atoms with Gasteiger partial charge in [-0.3, -0.25) is 4.79 Å². The Morgan fingerprint density at radius 3 is 2.45 bits per heavy atom. The van der Waals surface area contributed by atoms with Crippen molar-refractivity contribution in [3.8, 4) is 11.5 Å². The smallest absolute Gasteiger partial charge is 0.335 e. The average molecular weight is 397 g/mol. The van der Waals surface area contributed by atoms with Crippen molar-refractivity contribution >= 4 is 11.9 Å². The largest absolute Gasteiger partial charge is 0.504 e. The maximum absolute atomic E-state index is 12.9. The Kier molecular flexibility index (Phi) is 6.75. The Morgan fingerprint density at radius 1 is 1.07 bits per heavy atom. The van der Waals surface area contributed by atoms with Gasteiger partial charge in [0.05, 0.1) is 12.7 Å². The van der Waals surface area contributed by atoms with Gasteiger partial charge in [0.25, 0.3) is 0 Å². The highest BCUT2D eigenvalue weighted by molar-refractivity contribution is 5.87. The van der Waals surface area contributed by atoms with Gasteiger partial charge in [-0.1, -0.05) is 31.0 Å². The molecule has 2 aromatic rings. The summed E-state index contributed by atoms with van der Waals surface area (Å²) in [6, 6.07) is 11.9. The predicted octanol–water partition coefficient (Wildman–Crippen LogP) is 3.76. The lowest BCUT2D eigenvalue weighted by atomic mass is 9.75. The molecule has 2 aromatic carbocycles. The quantitative estimate of drug-likeness (QED) is 0.661. The van der Waals surface area contributed by atoms with E-state index in [9.17, 15) is 14.7 Å². The van der Waals surface area contributed by atoms with Gasteiger partial charge in [0.1, 0.15) is 0 Å². The van der Waals surface area contributed by atoms with Gasteiger partial charge in [0, 0.05) is 12.5 Å². The molecule has 1 fully saturated rings. The number of carbonyl (C=O) groups excluding carboxylic acids is 1.